The van der Waals surface area contributed by atoms with Gasteiger partial charge in [0, 0.05) is 23.5 Å². The number of anilines is 4. The van der Waals surface area contributed by atoms with Crippen molar-refractivity contribution in [2.45, 2.75) is 0 Å². The standard InChI is InChI=1S/C15H12ClFN4/c16-13-10(18)6-11(19)15(14(13)17)21-12-3-1-2-8-4-5-20-7-9(8)12/h1-7,21H,18-19H2. The Bertz CT molecular complexity index is 830. The maximum atomic E-state index is 14.2. The number of hydrogen-bond donors (Lipinski definition) is 3. The van der Waals surface area contributed by atoms with E-state index in [1.165, 1.54) is 6.07 Å². The summed E-state index contributed by atoms with van der Waals surface area (Å²) in [6, 6.07) is 8.91. The Kier molecular flexibility index (Phi) is 3.27. The third-order valence-corrected chi connectivity index (χ3v) is 3.59. The van der Waals surface area contributed by atoms with E-state index in [1.54, 1.807) is 12.4 Å². The van der Waals surface area contributed by atoms with Crippen LogP contribution in [0.4, 0.5) is 27.1 Å². The average molecular weight is 303 g/mol. The van der Waals surface area contributed by atoms with Gasteiger partial charge in [-0.1, -0.05) is 23.7 Å². The first-order valence-electron chi connectivity index (χ1n) is 6.20. The maximum Gasteiger partial charge on any atom is 0.169 e. The summed E-state index contributed by atoms with van der Waals surface area (Å²) in [4.78, 5) is 4.08. The van der Waals surface area contributed by atoms with Gasteiger partial charge in [0.15, 0.2) is 5.82 Å². The summed E-state index contributed by atoms with van der Waals surface area (Å²) in [6.07, 6.45) is 3.39. The van der Waals surface area contributed by atoms with Crippen molar-refractivity contribution in [3.05, 3.63) is 53.6 Å². The molecule has 0 atom stereocenters. The Balaban J connectivity index is 2.14. The van der Waals surface area contributed by atoms with E-state index in [0.717, 1.165) is 10.8 Å². The number of rotatable bonds is 2. The van der Waals surface area contributed by atoms with Crippen LogP contribution in [0.15, 0.2) is 42.7 Å². The van der Waals surface area contributed by atoms with Gasteiger partial charge < -0.3 is 16.8 Å². The Morgan fingerprint density at radius 3 is 2.76 bits per heavy atom. The van der Waals surface area contributed by atoms with Crippen LogP contribution in [-0.4, -0.2) is 4.98 Å². The van der Waals surface area contributed by atoms with Crippen molar-refractivity contribution < 1.29 is 4.39 Å². The summed E-state index contributed by atoms with van der Waals surface area (Å²) in [7, 11) is 0. The molecule has 0 amide bonds. The van der Waals surface area contributed by atoms with E-state index in [9.17, 15) is 4.39 Å². The minimum absolute atomic E-state index is 0.102. The van der Waals surface area contributed by atoms with Gasteiger partial charge in [-0.05, 0) is 23.6 Å². The topological polar surface area (TPSA) is 77.0 Å². The van der Waals surface area contributed by atoms with Crippen LogP contribution < -0.4 is 16.8 Å². The second-order valence-electron chi connectivity index (χ2n) is 4.59. The number of nitrogens with one attached hydrogen (secondary N) is 1. The number of nitrogen functional groups attached to an aromatic ring is 2. The SMILES string of the molecule is Nc1cc(N)c(Nc2cccc3ccncc23)c(F)c1Cl. The molecule has 0 saturated carbocycles. The Labute approximate surface area is 125 Å². The van der Waals surface area contributed by atoms with Crippen LogP contribution in [0.3, 0.4) is 0 Å². The van der Waals surface area contributed by atoms with E-state index in [-0.39, 0.29) is 22.1 Å². The number of pyridine rings is 1. The Morgan fingerprint density at radius 1 is 1.14 bits per heavy atom. The van der Waals surface area contributed by atoms with Crippen LogP contribution in [0.2, 0.25) is 5.02 Å². The lowest BCUT2D eigenvalue weighted by Gasteiger charge is -2.14. The van der Waals surface area contributed by atoms with E-state index >= 15 is 0 Å². The number of nitrogens with two attached hydrogens (primary N) is 2. The van der Waals surface area contributed by atoms with Crippen LogP contribution in [0, 0.1) is 5.82 Å². The fraction of sp³-hybridized carbons (Fsp3) is 0. The molecule has 5 N–H and O–H groups in total. The highest BCUT2D eigenvalue weighted by Crippen LogP contribution is 2.36. The lowest BCUT2D eigenvalue weighted by atomic mass is 10.1. The van der Waals surface area contributed by atoms with Crippen LogP contribution in [0.25, 0.3) is 10.8 Å². The van der Waals surface area contributed by atoms with Gasteiger partial charge in [0.1, 0.15) is 5.02 Å². The molecule has 4 nitrogen and oxygen atoms in total. The van der Waals surface area contributed by atoms with E-state index in [0.29, 0.717) is 5.69 Å². The Hall–Kier alpha value is -2.53. The van der Waals surface area contributed by atoms with Crippen LogP contribution in [0.5, 0.6) is 0 Å². The first-order valence-corrected chi connectivity index (χ1v) is 6.58. The number of halogens is 2. The summed E-state index contributed by atoms with van der Waals surface area (Å²) in [5.41, 5.74) is 12.5. The highest BCUT2D eigenvalue weighted by Gasteiger charge is 2.15. The van der Waals surface area contributed by atoms with Gasteiger partial charge in [0.05, 0.1) is 17.1 Å². The van der Waals surface area contributed by atoms with Crippen molar-refractivity contribution >= 4 is 45.1 Å². The van der Waals surface area contributed by atoms with E-state index in [1.807, 2.05) is 24.3 Å². The quantitative estimate of drug-likeness (QED) is 0.627. The highest BCUT2D eigenvalue weighted by atomic mass is 35.5. The highest BCUT2D eigenvalue weighted by molar-refractivity contribution is 6.33. The molecular weight excluding hydrogens is 291 g/mol. The summed E-state index contributed by atoms with van der Waals surface area (Å²) in [5.74, 6) is -0.671. The third kappa shape index (κ3) is 2.32. The normalized spacial score (nSPS) is 10.8. The summed E-state index contributed by atoms with van der Waals surface area (Å²) in [5, 5.41) is 4.66. The molecule has 21 heavy (non-hydrogen) atoms. The van der Waals surface area contributed by atoms with Gasteiger partial charge in [-0.25, -0.2) is 4.39 Å². The third-order valence-electron chi connectivity index (χ3n) is 3.21. The summed E-state index contributed by atoms with van der Waals surface area (Å²) < 4.78 is 14.2. The van der Waals surface area contributed by atoms with Gasteiger partial charge in [0.2, 0.25) is 0 Å². The molecule has 6 heteroatoms. The minimum atomic E-state index is -0.671. The second-order valence-corrected chi connectivity index (χ2v) is 4.96. The van der Waals surface area contributed by atoms with E-state index < -0.39 is 5.82 Å². The van der Waals surface area contributed by atoms with Gasteiger partial charge in [0.25, 0.3) is 0 Å². The summed E-state index contributed by atoms with van der Waals surface area (Å²) >= 11 is 5.83. The number of benzene rings is 2. The molecule has 0 bridgehead atoms. The fourth-order valence-electron chi connectivity index (χ4n) is 2.15. The molecule has 0 radical (unpaired) electrons. The van der Waals surface area contributed by atoms with Crippen LogP contribution in [-0.2, 0) is 0 Å². The first kappa shape index (κ1) is 13.5. The molecule has 0 saturated heterocycles. The maximum absolute atomic E-state index is 14.2. The molecule has 0 aliphatic carbocycles. The predicted octanol–water partition coefficient (Wildman–Crippen LogP) is 3.94. The largest absolute Gasteiger partial charge is 0.397 e. The molecule has 106 valence electrons. The zero-order valence-electron chi connectivity index (χ0n) is 10.9. The average Bonchev–Trinajstić information content (AvgIpc) is 2.49. The van der Waals surface area contributed by atoms with E-state index in [2.05, 4.69) is 10.3 Å². The monoisotopic (exact) mass is 302 g/mol. The molecule has 1 heterocycles. The van der Waals surface area contributed by atoms with Gasteiger partial charge in [-0.3, -0.25) is 4.98 Å². The van der Waals surface area contributed by atoms with Gasteiger partial charge in [-0.2, -0.15) is 0 Å². The van der Waals surface area contributed by atoms with Crippen molar-refractivity contribution in [1.82, 2.24) is 4.98 Å². The molecule has 0 aliphatic rings. The van der Waals surface area contributed by atoms with E-state index in [4.69, 9.17) is 23.1 Å². The molecule has 3 rings (SSSR count). The van der Waals surface area contributed by atoms with Crippen molar-refractivity contribution in [2.75, 3.05) is 16.8 Å². The van der Waals surface area contributed by atoms with Crippen molar-refractivity contribution in [1.29, 1.82) is 0 Å². The number of hydrogen-bond acceptors (Lipinski definition) is 4. The lowest BCUT2D eigenvalue weighted by molar-refractivity contribution is 0.633. The van der Waals surface area contributed by atoms with Crippen molar-refractivity contribution in [2.24, 2.45) is 0 Å². The van der Waals surface area contributed by atoms with Gasteiger partial charge in [-0.15, -0.1) is 0 Å². The zero-order chi connectivity index (χ0) is 15.0. The smallest absolute Gasteiger partial charge is 0.169 e. The minimum Gasteiger partial charge on any atom is -0.397 e. The molecular formula is C15H12ClFN4. The van der Waals surface area contributed by atoms with Crippen molar-refractivity contribution in [3.63, 3.8) is 0 Å². The number of nitrogens with zero attached hydrogens (tertiary/aromatic N) is 1. The molecule has 0 unspecified atom stereocenters. The second kappa shape index (κ2) is 5.10. The molecule has 3 aromatic rings. The predicted molar refractivity (Wildman–Crippen MR) is 85.3 cm³/mol. The molecule has 0 spiro atoms. The first-order chi connectivity index (χ1) is 10.1. The zero-order valence-corrected chi connectivity index (χ0v) is 11.7. The molecule has 0 fully saturated rings. The van der Waals surface area contributed by atoms with Crippen LogP contribution in [0.1, 0.15) is 0 Å². The number of fused-ring (bicyclic) bond motifs is 1. The van der Waals surface area contributed by atoms with Crippen LogP contribution >= 0.6 is 11.6 Å². The van der Waals surface area contributed by atoms with Crippen molar-refractivity contribution in [3.8, 4) is 0 Å². The Morgan fingerprint density at radius 2 is 1.95 bits per heavy atom. The molecule has 1 aromatic heterocycles. The molecule has 2 aromatic carbocycles. The summed E-state index contributed by atoms with van der Waals surface area (Å²) in [6.45, 7) is 0. The fourth-order valence-corrected chi connectivity index (χ4v) is 2.30. The lowest BCUT2D eigenvalue weighted by Crippen LogP contribution is -2.03. The van der Waals surface area contributed by atoms with Gasteiger partial charge >= 0.3 is 0 Å². The molecule has 0 aliphatic heterocycles. The number of aromatic nitrogens is 1.